The lowest BCUT2D eigenvalue weighted by Gasteiger charge is -2.63. The molecule has 0 aromatic rings. The van der Waals surface area contributed by atoms with Crippen LogP contribution in [0.2, 0.25) is 0 Å². The molecule has 10 heteroatoms. The number of carbonyl (C=O) groups is 3. The first kappa shape index (κ1) is 35.9. The van der Waals surface area contributed by atoms with Gasteiger partial charge in [-0.15, -0.1) is 0 Å². The minimum absolute atomic E-state index is 0.0374. The average Bonchev–Trinajstić information content (AvgIpc) is 3.68. The summed E-state index contributed by atoms with van der Waals surface area (Å²) in [6.07, 6.45) is 7.60. The summed E-state index contributed by atoms with van der Waals surface area (Å²) in [4.78, 5) is 43.6. The second kappa shape index (κ2) is 12.0. The van der Waals surface area contributed by atoms with Gasteiger partial charge in [0, 0.05) is 57.0 Å². The molecule has 0 aromatic heterocycles. The molecule has 51 heavy (non-hydrogen) atoms. The molecule has 10 nitrogen and oxygen atoms in total. The topological polar surface area (TPSA) is 109 Å². The Morgan fingerprint density at radius 1 is 0.824 bits per heavy atom. The number of hydrogen-bond donors (Lipinski definition) is 1. The van der Waals surface area contributed by atoms with E-state index in [9.17, 15) is 19.5 Å². The van der Waals surface area contributed by atoms with E-state index in [4.69, 9.17) is 14.2 Å². The summed E-state index contributed by atoms with van der Waals surface area (Å²) in [6, 6.07) is 0. The SMILES string of the molecule is CC(=O)N1CCN(C(=O)O[C@H]2CC[C@]34C[C@]35CC[C@]3(C)[C@@H]6[C@H](O[C@@H]([C@H](OC(=O)N7CCC7)C(C)C)C[C@H]6C)[C@H](O)[C@@]3(C)[C@@H]5CC[C@H]4C2(C)C)CC1. The van der Waals surface area contributed by atoms with Crippen molar-refractivity contribution in [2.45, 2.75) is 144 Å². The first-order chi connectivity index (χ1) is 24.0. The van der Waals surface area contributed by atoms with Crippen molar-refractivity contribution in [3.05, 3.63) is 0 Å². The summed E-state index contributed by atoms with van der Waals surface area (Å²) < 4.78 is 19.6. The van der Waals surface area contributed by atoms with Crippen molar-refractivity contribution >= 4 is 18.1 Å². The van der Waals surface area contributed by atoms with Crippen molar-refractivity contribution in [1.82, 2.24) is 14.7 Å². The number of carbonyl (C=O) groups excluding carboxylic acids is 3. The molecule has 8 rings (SSSR count). The Balaban J connectivity index is 0.996. The molecule has 3 amide bonds. The molecule has 3 aliphatic heterocycles. The van der Waals surface area contributed by atoms with Crippen LogP contribution < -0.4 is 0 Å². The van der Waals surface area contributed by atoms with Crippen LogP contribution in [0.15, 0.2) is 0 Å². The van der Waals surface area contributed by atoms with Crippen molar-refractivity contribution in [2.24, 2.45) is 56.7 Å². The molecule has 3 heterocycles. The van der Waals surface area contributed by atoms with E-state index in [2.05, 4.69) is 48.5 Å². The van der Waals surface area contributed by atoms with Crippen LogP contribution in [-0.4, -0.2) is 108 Å². The summed E-state index contributed by atoms with van der Waals surface area (Å²) in [7, 11) is 0. The van der Waals surface area contributed by atoms with Gasteiger partial charge in [-0.25, -0.2) is 9.59 Å². The molecule has 0 bridgehead atoms. The van der Waals surface area contributed by atoms with E-state index < -0.39 is 6.10 Å². The zero-order valence-electron chi connectivity index (χ0n) is 32.6. The maximum atomic E-state index is 13.4. The molecule has 1 N–H and O–H groups in total. The van der Waals surface area contributed by atoms with Gasteiger partial charge >= 0.3 is 12.2 Å². The van der Waals surface area contributed by atoms with E-state index in [1.54, 1.807) is 21.6 Å². The van der Waals surface area contributed by atoms with Crippen molar-refractivity contribution < 1.29 is 33.7 Å². The third kappa shape index (κ3) is 4.88. The summed E-state index contributed by atoms with van der Waals surface area (Å²) in [6.45, 7) is 21.5. The summed E-state index contributed by atoms with van der Waals surface area (Å²) >= 11 is 0. The van der Waals surface area contributed by atoms with Gasteiger partial charge in [-0.2, -0.15) is 0 Å². The maximum absolute atomic E-state index is 13.4. The number of nitrogens with zero attached hydrogens (tertiary/aromatic N) is 3. The predicted molar refractivity (Wildman–Crippen MR) is 191 cm³/mol. The smallest absolute Gasteiger partial charge is 0.410 e. The third-order valence-corrected chi connectivity index (χ3v) is 17.4. The van der Waals surface area contributed by atoms with Gasteiger partial charge < -0.3 is 34.0 Å². The standard InChI is InChI=1S/C41H65N3O7/c1-24(2)32(51-36(48)43-16-9-17-43)27-22-25(3)31-33(49-27)34(46)39(8)29-11-10-28-37(5,6)30(50-35(47)44-20-18-42(19-21-44)26(4)45)12-13-40(28)23-41(29,40)15-14-38(31,39)7/h24-25,27-34,46H,9-23H2,1-8H3/t25-,27-,28+,29+,30+,31+,32-,33+,34+,38-,39-,40-,41+/m1/s1. The first-order valence-electron chi connectivity index (χ1n) is 20.5. The third-order valence-electron chi connectivity index (χ3n) is 17.4. The Morgan fingerprint density at radius 2 is 1.45 bits per heavy atom. The van der Waals surface area contributed by atoms with Crippen LogP contribution in [0.25, 0.3) is 0 Å². The van der Waals surface area contributed by atoms with Crippen LogP contribution in [0.3, 0.4) is 0 Å². The number of rotatable bonds is 4. The fraction of sp³-hybridized carbons (Fsp3) is 0.927. The van der Waals surface area contributed by atoms with Gasteiger partial charge in [0.1, 0.15) is 12.2 Å². The lowest BCUT2D eigenvalue weighted by molar-refractivity contribution is -0.185. The molecule has 0 radical (unpaired) electrons. The largest absolute Gasteiger partial charge is 0.446 e. The van der Waals surface area contributed by atoms with Crippen molar-refractivity contribution in [2.75, 3.05) is 39.3 Å². The highest BCUT2D eigenvalue weighted by atomic mass is 16.6. The summed E-state index contributed by atoms with van der Waals surface area (Å²) in [5.41, 5.74) is -0.00280. The number of amides is 3. The van der Waals surface area contributed by atoms with Gasteiger partial charge in [0.2, 0.25) is 5.91 Å². The van der Waals surface area contributed by atoms with Gasteiger partial charge in [0.05, 0.1) is 18.3 Å². The maximum Gasteiger partial charge on any atom is 0.410 e. The lowest BCUT2D eigenvalue weighted by atomic mass is 9.41. The minimum Gasteiger partial charge on any atom is -0.446 e. The number of ether oxygens (including phenoxy) is 3. The zero-order chi connectivity index (χ0) is 36.5. The van der Waals surface area contributed by atoms with Crippen LogP contribution >= 0.6 is 0 Å². The van der Waals surface area contributed by atoms with Gasteiger partial charge in [-0.05, 0) is 104 Å². The normalized spacial score (nSPS) is 47.1. The zero-order valence-corrected chi connectivity index (χ0v) is 32.6. The monoisotopic (exact) mass is 711 g/mol. The number of piperazine rings is 1. The molecular weight excluding hydrogens is 646 g/mol. The highest BCUT2D eigenvalue weighted by Gasteiger charge is 2.84. The molecule has 286 valence electrons. The highest BCUT2D eigenvalue weighted by molar-refractivity contribution is 5.74. The molecule has 8 fully saturated rings. The fourth-order valence-corrected chi connectivity index (χ4v) is 14.5. The van der Waals surface area contributed by atoms with Crippen LogP contribution in [0, 0.1) is 56.7 Å². The molecule has 0 aromatic carbocycles. The molecule has 13 atom stereocenters. The number of aliphatic hydroxyl groups excluding tert-OH is 1. The lowest BCUT2D eigenvalue weighted by Crippen LogP contribution is -2.60. The van der Waals surface area contributed by atoms with Crippen LogP contribution in [-0.2, 0) is 19.0 Å². The van der Waals surface area contributed by atoms with Crippen molar-refractivity contribution in [1.29, 1.82) is 0 Å². The van der Waals surface area contributed by atoms with E-state index in [1.807, 2.05) is 0 Å². The van der Waals surface area contributed by atoms with E-state index in [0.29, 0.717) is 43.9 Å². The Hall–Kier alpha value is -2.07. The Labute approximate surface area is 305 Å². The summed E-state index contributed by atoms with van der Waals surface area (Å²) in [5, 5.41) is 12.7. The molecule has 5 saturated carbocycles. The van der Waals surface area contributed by atoms with E-state index >= 15 is 0 Å². The Kier molecular flexibility index (Phi) is 8.43. The second-order valence-electron chi connectivity index (χ2n) is 19.9. The molecule has 5 aliphatic carbocycles. The Bertz CT molecular complexity index is 1430. The molecule has 2 spiro atoms. The molecule has 8 aliphatic rings. The number of hydrogen-bond acceptors (Lipinski definition) is 7. The van der Waals surface area contributed by atoms with Crippen LogP contribution in [0.1, 0.15) is 113 Å². The predicted octanol–water partition coefficient (Wildman–Crippen LogP) is 6.34. The van der Waals surface area contributed by atoms with E-state index in [-0.39, 0.29) is 81.4 Å². The number of fused-ring (bicyclic) bond motifs is 4. The molecule has 0 unspecified atom stereocenters. The van der Waals surface area contributed by atoms with Gasteiger partial charge in [0.15, 0.2) is 0 Å². The van der Waals surface area contributed by atoms with E-state index in [0.717, 1.165) is 58.0 Å². The highest BCUT2D eigenvalue weighted by Crippen LogP contribution is 2.89. The quantitative estimate of drug-likeness (QED) is 0.363. The van der Waals surface area contributed by atoms with Gasteiger partial charge in [-0.1, -0.05) is 48.5 Å². The van der Waals surface area contributed by atoms with Crippen LogP contribution in [0.5, 0.6) is 0 Å². The molecule has 3 saturated heterocycles. The number of likely N-dealkylation sites (tertiary alicyclic amines) is 1. The fourth-order valence-electron chi connectivity index (χ4n) is 14.5. The molecular formula is C41H65N3O7. The van der Waals surface area contributed by atoms with Crippen molar-refractivity contribution in [3.63, 3.8) is 0 Å². The average molecular weight is 712 g/mol. The Morgan fingerprint density at radius 3 is 2.08 bits per heavy atom. The minimum atomic E-state index is -0.568. The van der Waals surface area contributed by atoms with E-state index in [1.165, 1.54) is 12.8 Å². The first-order valence-corrected chi connectivity index (χ1v) is 20.5. The van der Waals surface area contributed by atoms with Gasteiger partial charge in [0.25, 0.3) is 0 Å². The summed E-state index contributed by atoms with van der Waals surface area (Å²) in [5.74, 6) is 1.70. The second-order valence-corrected chi connectivity index (χ2v) is 19.9. The number of aliphatic hydroxyl groups is 1. The van der Waals surface area contributed by atoms with Gasteiger partial charge in [-0.3, -0.25) is 4.79 Å². The van der Waals surface area contributed by atoms with Crippen molar-refractivity contribution in [3.8, 4) is 0 Å². The van der Waals surface area contributed by atoms with Crippen LogP contribution in [0.4, 0.5) is 9.59 Å².